The van der Waals surface area contributed by atoms with Gasteiger partial charge >= 0.3 is 0 Å². The maximum atomic E-state index is 9.29. The molecule has 0 saturated heterocycles. The van der Waals surface area contributed by atoms with E-state index in [1.807, 2.05) is 0 Å². The Balaban J connectivity index is 2.51. The Morgan fingerprint density at radius 1 is 1.37 bits per heavy atom. The zero-order valence-corrected chi connectivity index (χ0v) is 11.9. The second kappa shape index (κ2) is 6.16. The summed E-state index contributed by atoms with van der Waals surface area (Å²) < 4.78 is 0. The van der Waals surface area contributed by atoms with E-state index in [-0.39, 0.29) is 11.9 Å². The largest absolute Gasteiger partial charge is 0.395 e. The van der Waals surface area contributed by atoms with Gasteiger partial charge < -0.3 is 10.0 Å². The van der Waals surface area contributed by atoms with Crippen molar-refractivity contribution < 1.29 is 5.11 Å². The number of H-pyrrole nitrogens is 1. The quantitative estimate of drug-likeness (QED) is 0.793. The van der Waals surface area contributed by atoms with Gasteiger partial charge in [-0.15, -0.1) is 0 Å². The Labute approximate surface area is 116 Å². The number of aromatic amines is 1. The van der Waals surface area contributed by atoms with Gasteiger partial charge in [-0.25, -0.2) is 0 Å². The maximum Gasteiger partial charge on any atom is 0.226 e. The number of aliphatic hydroxyl groups excluding tert-OH is 1. The molecule has 0 amide bonds. The molecule has 0 fully saturated rings. The Hall–Kier alpha value is -1.40. The first-order chi connectivity index (χ1) is 9.21. The lowest BCUT2D eigenvalue weighted by atomic mass is 10.1. The third-order valence-corrected chi connectivity index (χ3v) is 3.43. The number of nitrogens with one attached hydrogen (secondary N) is 1. The lowest BCUT2D eigenvalue weighted by molar-refractivity contribution is 0.295. The van der Waals surface area contributed by atoms with Crippen LogP contribution in [0.3, 0.4) is 0 Å². The molecular weight excluding hydrogens is 266 g/mol. The van der Waals surface area contributed by atoms with Crippen molar-refractivity contribution in [2.45, 2.75) is 32.7 Å². The van der Waals surface area contributed by atoms with Gasteiger partial charge in [-0.3, -0.25) is 5.10 Å². The van der Waals surface area contributed by atoms with Crippen LogP contribution in [0.25, 0.3) is 11.0 Å². The van der Waals surface area contributed by atoms with Crippen LogP contribution in [0, 0.1) is 0 Å². The molecule has 2 aromatic rings. The lowest BCUT2D eigenvalue weighted by Gasteiger charge is -2.31. The molecule has 0 unspecified atom stereocenters. The number of nitrogens with zero attached hydrogens (tertiary/aromatic N) is 4. The van der Waals surface area contributed by atoms with Crippen LogP contribution in [-0.4, -0.2) is 44.5 Å². The smallest absolute Gasteiger partial charge is 0.226 e. The van der Waals surface area contributed by atoms with Crippen molar-refractivity contribution in [2.75, 3.05) is 18.1 Å². The SMILES string of the molecule is CCC(CC)N(CCO)c1nc(Cl)nc2[nH]ncc12. The molecule has 2 rings (SSSR count). The highest BCUT2D eigenvalue weighted by Gasteiger charge is 2.20. The summed E-state index contributed by atoms with van der Waals surface area (Å²) in [4.78, 5) is 10.5. The number of hydrogen-bond donors (Lipinski definition) is 2. The first-order valence-electron chi connectivity index (χ1n) is 6.45. The van der Waals surface area contributed by atoms with E-state index in [0.29, 0.717) is 18.2 Å². The predicted octanol–water partition coefficient (Wildman–Crippen LogP) is 1.99. The molecule has 0 aliphatic rings. The molecule has 0 atom stereocenters. The number of aliphatic hydroxyl groups is 1. The van der Waals surface area contributed by atoms with Crippen molar-refractivity contribution >= 4 is 28.5 Å². The predicted molar refractivity (Wildman–Crippen MR) is 75.5 cm³/mol. The van der Waals surface area contributed by atoms with Crippen molar-refractivity contribution in [3.05, 3.63) is 11.5 Å². The molecule has 2 heterocycles. The maximum absolute atomic E-state index is 9.29. The molecule has 0 radical (unpaired) electrons. The molecule has 7 heteroatoms. The molecule has 104 valence electrons. The fraction of sp³-hybridized carbons (Fsp3) is 0.583. The summed E-state index contributed by atoms with van der Waals surface area (Å²) >= 11 is 5.96. The van der Waals surface area contributed by atoms with Gasteiger partial charge in [-0.05, 0) is 24.4 Å². The van der Waals surface area contributed by atoms with Crippen LogP contribution in [0.4, 0.5) is 5.82 Å². The Bertz CT molecular complexity index is 540. The second-order valence-corrected chi connectivity index (χ2v) is 4.67. The molecule has 0 bridgehead atoms. The summed E-state index contributed by atoms with van der Waals surface area (Å²) in [6.45, 7) is 4.82. The minimum absolute atomic E-state index is 0.0669. The monoisotopic (exact) mass is 283 g/mol. The van der Waals surface area contributed by atoms with Gasteiger partial charge in [0.05, 0.1) is 18.2 Å². The minimum atomic E-state index is 0.0669. The normalized spacial score (nSPS) is 11.4. The highest BCUT2D eigenvalue weighted by molar-refractivity contribution is 6.28. The highest BCUT2D eigenvalue weighted by Crippen LogP contribution is 2.26. The number of hydrogen-bond acceptors (Lipinski definition) is 5. The summed E-state index contributed by atoms with van der Waals surface area (Å²) in [5, 5.41) is 17.1. The molecule has 0 aliphatic heterocycles. The fourth-order valence-electron chi connectivity index (χ4n) is 2.31. The van der Waals surface area contributed by atoms with E-state index in [9.17, 15) is 5.11 Å². The summed E-state index contributed by atoms with van der Waals surface area (Å²) in [5.74, 6) is 0.728. The van der Waals surface area contributed by atoms with Crippen molar-refractivity contribution in [1.29, 1.82) is 0 Å². The van der Waals surface area contributed by atoms with Gasteiger partial charge in [-0.2, -0.15) is 15.1 Å². The third-order valence-electron chi connectivity index (χ3n) is 3.26. The number of fused-ring (bicyclic) bond motifs is 1. The van der Waals surface area contributed by atoms with Crippen LogP contribution in [0.2, 0.25) is 5.28 Å². The van der Waals surface area contributed by atoms with E-state index < -0.39 is 0 Å². The first kappa shape index (κ1) is 14.0. The van der Waals surface area contributed by atoms with Crippen LogP contribution in [-0.2, 0) is 0 Å². The van der Waals surface area contributed by atoms with E-state index in [2.05, 4.69) is 38.9 Å². The Morgan fingerprint density at radius 3 is 2.74 bits per heavy atom. The lowest BCUT2D eigenvalue weighted by Crippen LogP contribution is -2.37. The minimum Gasteiger partial charge on any atom is -0.395 e. The zero-order chi connectivity index (χ0) is 13.8. The standard InChI is InChI=1S/C12H18ClN5O/c1-3-8(4-2)18(5-6-19)11-9-7-14-17-10(9)15-12(13)16-11/h7-8,19H,3-6H2,1-2H3,(H,14,15,16,17). The molecule has 2 N–H and O–H groups in total. The third kappa shape index (κ3) is 2.79. The van der Waals surface area contributed by atoms with Gasteiger partial charge in [0.25, 0.3) is 0 Å². The van der Waals surface area contributed by atoms with Crippen LogP contribution in [0.15, 0.2) is 6.20 Å². The number of halogens is 1. The van der Waals surface area contributed by atoms with E-state index in [0.717, 1.165) is 24.0 Å². The van der Waals surface area contributed by atoms with Crippen LogP contribution < -0.4 is 4.90 Å². The van der Waals surface area contributed by atoms with E-state index in [4.69, 9.17) is 11.6 Å². The molecular formula is C12H18ClN5O. The van der Waals surface area contributed by atoms with E-state index >= 15 is 0 Å². The van der Waals surface area contributed by atoms with Gasteiger partial charge in [0.2, 0.25) is 5.28 Å². The van der Waals surface area contributed by atoms with Gasteiger partial charge in [0.1, 0.15) is 5.82 Å². The Morgan fingerprint density at radius 2 is 2.11 bits per heavy atom. The van der Waals surface area contributed by atoms with Gasteiger partial charge in [0, 0.05) is 12.6 Å². The Kier molecular flexibility index (Phi) is 4.55. The summed E-state index contributed by atoms with van der Waals surface area (Å²) in [6, 6.07) is 0.302. The van der Waals surface area contributed by atoms with Crippen molar-refractivity contribution in [2.24, 2.45) is 0 Å². The first-order valence-corrected chi connectivity index (χ1v) is 6.83. The molecule has 0 aliphatic carbocycles. The van der Waals surface area contributed by atoms with E-state index in [1.165, 1.54) is 0 Å². The van der Waals surface area contributed by atoms with Crippen LogP contribution >= 0.6 is 11.6 Å². The number of anilines is 1. The van der Waals surface area contributed by atoms with Crippen molar-refractivity contribution in [1.82, 2.24) is 20.2 Å². The zero-order valence-electron chi connectivity index (χ0n) is 11.1. The number of rotatable bonds is 6. The van der Waals surface area contributed by atoms with Gasteiger partial charge in [0.15, 0.2) is 5.65 Å². The average Bonchev–Trinajstić information content (AvgIpc) is 2.86. The van der Waals surface area contributed by atoms with E-state index in [1.54, 1.807) is 6.20 Å². The number of aromatic nitrogens is 4. The average molecular weight is 284 g/mol. The van der Waals surface area contributed by atoms with Crippen molar-refractivity contribution in [3.63, 3.8) is 0 Å². The topological polar surface area (TPSA) is 77.9 Å². The molecule has 0 saturated carbocycles. The van der Waals surface area contributed by atoms with Crippen molar-refractivity contribution in [3.8, 4) is 0 Å². The molecule has 0 spiro atoms. The molecule has 0 aromatic carbocycles. The highest BCUT2D eigenvalue weighted by atomic mass is 35.5. The fourth-order valence-corrected chi connectivity index (χ4v) is 2.48. The van der Waals surface area contributed by atoms with Crippen LogP contribution in [0.5, 0.6) is 0 Å². The molecule has 6 nitrogen and oxygen atoms in total. The molecule has 19 heavy (non-hydrogen) atoms. The summed E-state index contributed by atoms with van der Waals surface area (Å²) in [7, 11) is 0. The van der Waals surface area contributed by atoms with Crippen LogP contribution in [0.1, 0.15) is 26.7 Å². The molecule has 2 aromatic heterocycles. The summed E-state index contributed by atoms with van der Waals surface area (Å²) in [5.41, 5.74) is 0.615. The van der Waals surface area contributed by atoms with Gasteiger partial charge in [-0.1, -0.05) is 13.8 Å². The second-order valence-electron chi connectivity index (χ2n) is 4.34. The summed E-state index contributed by atoms with van der Waals surface area (Å²) in [6.07, 6.45) is 3.63.